The minimum atomic E-state index is 0.814. The van der Waals surface area contributed by atoms with Crippen LogP contribution < -0.4 is 5.32 Å². The van der Waals surface area contributed by atoms with Gasteiger partial charge in [-0.25, -0.2) is 4.98 Å². The van der Waals surface area contributed by atoms with Crippen LogP contribution >= 0.6 is 0 Å². The lowest BCUT2D eigenvalue weighted by Crippen LogP contribution is -2.11. The Morgan fingerprint density at radius 1 is 1.42 bits per heavy atom. The van der Waals surface area contributed by atoms with Gasteiger partial charge in [-0.3, -0.25) is 4.68 Å². The molecule has 1 saturated heterocycles. The molecule has 102 valence electrons. The van der Waals surface area contributed by atoms with Crippen molar-refractivity contribution in [1.82, 2.24) is 24.6 Å². The Bertz CT molecular complexity index is 521. The van der Waals surface area contributed by atoms with Gasteiger partial charge in [-0.1, -0.05) is 0 Å². The fourth-order valence-corrected chi connectivity index (χ4v) is 2.69. The molecule has 1 fully saturated rings. The summed E-state index contributed by atoms with van der Waals surface area (Å²) in [6.45, 7) is 6.38. The van der Waals surface area contributed by atoms with E-state index in [-0.39, 0.29) is 0 Å². The van der Waals surface area contributed by atoms with E-state index in [1.54, 1.807) is 0 Å². The minimum absolute atomic E-state index is 0.814. The molecule has 0 spiro atoms. The summed E-state index contributed by atoms with van der Waals surface area (Å²) in [5.41, 5.74) is 2.33. The summed E-state index contributed by atoms with van der Waals surface area (Å²) in [4.78, 5) is 4.29. The molecule has 3 rings (SSSR count). The summed E-state index contributed by atoms with van der Waals surface area (Å²) < 4.78 is 4.20. The van der Waals surface area contributed by atoms with Crippen LogP contribution in [-0.2, 0) is 13.1 Å². The molecule has 0 aromatic carbocycles. The first-order chi connectivity index (χ1) is 9.36. The molecule has 1 N–H and O–H groups in total. The highest BCUT2D eigenvalue weighted by molar-refractivity contribution is 5.56. The lowest BCUT2D eigenvalue weighted by Gasteiger charge is -2.10. The van der Waals surface area contributed by atoms with Crippen molar-refractivity contribution in [1.29, 1.82) is 0 Å². The van der Waals surface area contributed by atoms with Crippen molar-refractivity contribution in [2.75, 3.05) is 13.1 Å². The Balaban J connectivity index is 1.70. The number of rotatable bonds is 5. The van der Waals surface area contributed by atoms with Gasteiger partial charge in [0, 0.05) is 24.8 Å². The van der Waals surface area contributed by atoms with Crippen LogP contribution in [0.15, 0.2) is 24.9 Å². The molecule has 0 amide bonds. The normalized spacial score (nSPS) is 19.1. The summed E-state index contributed by atoms with van der Waals surface area (Å²) in [7, 11) is 0. The lowest BCUT2D eigenvalue weighted by atomic mass is 10.1. The molecule has 2 aromatic heterocycles. The van der Waals surface area contributed by atoms with E-state index in [2.05, 4.69) is 33.1 Å². The van der Waals surface area contributed by atoms with Crippen molar-refractivity contribution >= 4 is 0 Å². The van der Waals surface area contributed by atoms with Gasteiger partial charge in [-0.15, -0.1) is 0 Å². The topological polar surface area (TPSA) is 47.7 Å². The molecule has 19 heavy (non-hydrogen) atoms. The number of nitrogens with one attached hydrogen (secondary N) is 1. The zero-order chi connectivity index (χ0) is 13.1. The zero-order valence-corrected chi connectivity index (χ0v) is 11.4. The van der Waals surface area contributed by atoms with Crippen LogP contribution in [0.25, 0.3) is 11.3 Å². The van der Waals surface area contributed by atoms with Crippen LogP contribution in [0.5, 0.6) is 0 Å². The molecule has 3 heterocycles. The lowest BCUT2D eigenvalue weighted by molar-refractivity contribution is 0.481. The van der Waals surface area contributed by atoms with Crippen LogP contribution in [0.3, 0.4) is 0 Å². The quantitative estimate of drug-likeness (QED) is 0.890. The first kappa shape index (κ1) is 12.4. The summed E-state index contributed by atoms with van der Waals surface area (Å²) in [6, 6.07) is 0. The van der Waals surface area contributed by atoms with Crippen molar-refractivity contribution in [2.45, 2.75) is 32.9 Å². The number of hydrogen-bond acceptors (Lipinski definition) is 3. The predicted molar refractivity (Wildman–Crippen MR) is 74.7 cm³/mol. The SMILES string of the molecule is CCn1cc(-c2cncn2CCC2CCNC2)cn1. The predicted octanol–water partition coefficient (Wildman–Crippen LogP) is 1.77. The second kappa shape index (κ2) is 5.57. The van der Waals surface area contributed by atoms with Crippen LogP contribution in [0.4, 0.5) is 0 Å². The number of imidazole rings is 1. The van der Waals surface area contributed by atoms with Gasteiger partial charge >= 0.3 is 0 Å². The largest absolute Gasteiger partial charge is 0.331 e. The van der Waals surface area contributed by atoms with Crippen LogP contribution in [-0.4, -0.2) is 32.4 Å². The molecular formula is C14H21N5. The summed E-state index contributed by atoms with van der Waals surface area (Å²) in [5.74, 6) is 0.814. The highest BCUT2D eigenvalue weighted by Gasteiger charge is 2.15. The van der Waals surface area contributed by atoms with Crippen molar-refractivity contribution in [3.8, 4) is 11.3 Å². The molecular weight excluding hydrogens is 238 g/mol. The summed E-state index contributed by atoms with van der Waals surface area (Å²) in [5, 5.41) is 7.76. The van der Waals surface area contributed by atoms with Crippen LogP contribution in [0.1, 0.15) is 19.8 Å². The minimum Gasteiger partial charge on any atom is -0.331 e. The highest BCUT2D eigenvalue weighted by Crippen LogP contribution is 2.20. The number of hydrogen-bond donors (Lipinski definition) is 1. The third-order valence-electron chi connectivity index (χ3n) is 3.91. The van der Waals surface area contributed by atoms with Crippen LogP contribution in [0, 0.1) is 5.92 Å². The first-order valence-electron chi connectivity index (χ1n) is 7.10. The molecule has 0 aliphatic carbocycles. The van der Waals surface area contributed by atoms with E-state index in [1.807, 2.05) is 23.4 Å². The maximum absolute atomic E-state index is 4.33. The Kier molecular flexibility index (Phi) is 3.64. The Hall–Kier alpha value is -1.62. The zero-order valence-electron chi connectivity index (χ0n) is 11.4. The van der Waals surface area contributed by atoms with Gasteiger partial charge in [-0.05, 0) is 38.8 Å². The Labute approximate surface area is 113 Å². The summed E-state index contributed by atoms with van der Waals surface area (Å²) >= 11 is 0. The van der Waals surface area contributed by atoms with Crippen molar-refractivity contribution in [2.24, 2.45) is 5.92 Å². The van der Waals surface area contributed by atoms with Gasteiger partial charge in [0.25, 0.3) is 0 Å². The molecule has 1 aliphatic heterocycles. The van der Waals surface area contributed by atoms with Gasteiger partial charge in [0.1, 0.15) is 0 Å². The average Bonchev–Trinajstić information content (AvgIpc) is 3.16. The smallest absolute Gasteiger partial charge is 0.0950 e. The third kappa shape index (κ3) is 2.71. The van der Waals surface area contributed by atoms with E-state index in [4.69, 9.17) is 0 Å². The standard InChI is InChI=1S/C14H21N5/c1-2-19-10-13(8-17-19)14-9-16-11-18(14)6-4-12-3-5-15-7-12/h8-12,15H,2-7H2,1H3. The van der Waals surface area contributed by atoms with Crippen molar-refractivity contribution < 1.29 is 0 Å². The van der Waals surface area contributed by atoms with Gasteiger partial charge in [-0.2, -0.15) is 5.10 Å². The second-order valence-electron chi connectivity index (χ2n) is 5.20. The van der Waals surface area contributed by atoms with Gasteiger partial charge in [0.15, 0.2) is 0 Å². The van der Waals surface area contributed by atoms with Gasteiger partial charge in [0.2, 0.25) is 0 Å². The number of nitrogens with zero attached hydrogens (tertiary/aromatic N) is 4. The molecule has 1 unspecified atom stereocenters. The highest BCUT2D eigenvalue weighted by atomic mass is 15.3. The van der Waals surface area contributed by atoms with E-state index >= 15 is 0 Å². The maximum atomic E-state index is 4.33. The van der Waals surface area contributed by atoms with E-state index in [0.717, 1.165) is 31.1 Å². The number of aryl methyl sites for hydroxylation is 2. The molecule has 1 atom stereocenters. The van der Waals surface area contributed by atoms with Gasteiger partial charge < -0.3 is 9.88 Å². The molecule has 2 aromatic rings. The third-order valence-corrected chi connectivity index (χ3v) is 3.91. The molecule has 5 heteroatoms. The fraction of sp³-hybridized carbons (Fsp3) is 0.571. The van der Waals surface area contributed by atoms with E-state index in [9.17, 15) is 0 Å². The maximum Gasteiger partial charge on any atom is 0.0950 e. The molecule has 0 bridgehead atoms. The van der Waals surface area contributed by atoms with Gasteiger partial charge in [0.05, 0.1) is 24.4 Å². The van der Waals surface area contributed by atoms with E-state index in [1.165, 1.54) is 25.1 Å². The monoisotopic (exact) mass is 259 g/mol. The van der Waals surface area contributed by atoms with E-state index in [0.29, 0.717) is 0 Å². The van der Waals surface area contributed by atoms with Crippen molar-refractivity contribution in [3.63, 3.8) is 0 Å². The Morgan fingerprint density at radius 3 is 3.11 bits per heavy atom. The Morgan fingerprint density at radius 2 is 2.37 bits per heavy atom. The second-order valence-corrected chi connectivity index (χ2v) is 5.20. The molecule has 0 saturated carbocycles. The number of aromatic nitrogens is 4. The van der Waals surface area contributed by atoms with E-state index < -0.39 is 0 Å². The summed E-state index contributed by atoms with van der Waals surface area (Å²) in [6.07, 6.45) is 10.4. The molecule has 1 aliphatic rings. The average molecular weight is 259 g/mol. The van der Waals surface area contributed by atoms with Crippen LogP contribution in [0.2, 0.25) is 0 Å². The van der Waals surface area contributed by atoms with Crippen molar-refractivity contribution in [3.05, 3.63) is 24.9 Å². The first-order valence-corrected chi connectivity index (χ1v) is 7.10. The fourth-order valence-electron chi connectivity index (χ4n) is 2.69. The molecule has 5 nitrogen and oxygen atoms in total. The molecule has 0 radical (unpaired) electrons.